The van der Waals surface area contributed by atoms with Crippen molar-refractivity contribution in [2.24, 2.45) is 0 Å². The monoisotopic (exact) mass is 316 g/mol. The quantitative estimate of drug-likeness (QED) is 0.425. The van der Waals surface area contributed by atoms with Crippen molar-refractivity contribution < 1.29 is 14.3 Å². The minimum Gasteiger partial charge on any atom is -0.489 e. The number of carbonyl (C=O) groups is 1. The Hall–Kier alpha value is -2.03. The summed E-state index contributed by atoms with van der Waals surface area (Å²) < 4.78 is 11.5. The Morgan fingerprint density at radius 1 is 1.30 bits per heavy atom. The van der Waals surface area contributed by atoms with Gasteiger partial charge < -0.3 is 9.47 Å². The second kappa shape index (κ2) is 7.49. The number of rotatable bonds is 6. The zero-order chi connectivity index (χ0) is 17.8. The van der Waals surface area contributed by atoms with Crippen LogP contribution >= 0.6 is 0 Å². The summed E-state index contributed by atoms with van der Waals surface area (Å²) in [4.78, 5) is 11.5. The molecule has 0 heterocycles. The van der Waals surface area contributed by atoms with Gasteiger partial charge in [0, 0.05) is 18.1 Å². The maximum absolute atomic E-state index is 11.5. The molecule has 0 aliphatic carbocycles. The second-order valence-electron chi connectivity index (χ2n) is 6.94. The molecule has 0 N–H and O–H groups in total. The van der Waals surface area contributed by atoms with Crippen LogP contribution in [0.1, 0.15) is 51.3 Å². The average molecular weight is 316 g/mol. The summed E-state index contributed by atoms with van der Waals surface area (Å²) in [6.45, 7) is 19.7. The van der Waals surface area contributed by atoms with E-state index in [4.69, 9.17) is 9.47 Å². The molecule has 0 aromatic heterocycles. The van der Waals surface area contributed by atoms with Crippen molar-refractivity contribution >= 4 is 5.97 Å². The lowest BCUT2D eigenvalue weighted by molar-refractivity contribution is -0.132. The molecule has 0 spiro atoms. The fourth-order valence-electron chi connectivity index (χ4n) is 2.37. The molecule has 3 heteroatoms. The maximum Gasteiger partial charge on any atom is 0.308 e. The van der Waals surface area contributed by atoms with Crippen LogP contribution in [-0.2, 0) is 16.6 Å². The molecule has 0 saturated carbocycles. The zero-order valence-corrected chi connectivity index (χ0v) is 15.2. The zero-order valence-electron chi connectivity index (χ0n) is 15.2. The molecular weight excluding hydrogens is 288 g/mol. The Morgan fingerprint density at radius 3 is 2.35 bits per heavy atom. The molecule has 0 atom stereocenters. The molecule has 23 heavy (non-hydrogen) atoms. The van der Waals surface area contributed by atoms with E-state index in [0.717, 1.165) is 28.0 Å². The van der Waals surface area contributed by atoms with Crippen LogP contribution in [0.15, 0.2) is 30.9 Å². The molecule has 0 aliphatic rings. The molecule has 126 valence electrons. The number of esters is 1. The molecule has 1 rings (SSSR count). The summed E-state index contributed by atoms with van der Waals surface area (Å²) in [7, 11) is 0. The van der Waals surface area contributed by atoms with Crippen LogP contribution in [0.5, 0.6) is 11.5 Å². The van der Waals surface area contributed by atoms with Crippen LogP contribution in [0, 0.1) is 6.92 Å². The molecule has 0 unspecified atom stereocenters. The second-order valence-corrected chi connectivity index (χ2v) is 6.94. The van der Waals surface area contributed by atoms with Crippen molar-refractivity contribution in [1.82, 2.24) is 0 Å². The lowest BCUT2D eigenvalue weighted by Gasteiger charge is -2.26. The van der Waals surface area contributed by atoms with Gasteiger partial charge in [0.15, 0.2) is 0 Å². The first-order valence-electron chi connectivity index (χ1n) is 7.81. The van der Waals surface area contributed by atoms with E-state index in [1.807, 2.05) is 26.0 Å². The van der Waals surface area contributed by atoms with E-state index in [1.54, 1.807) is 0 Å². The average Bonchev–Trinajstić information content (AvgIpc) is 2.40. The van der Waals surface area contributed by atoms with Gasteiger partial charge in [-0.2, -0.15) is 0 Å². The first-order chi connectivity index (χ1) is 10.6. The first-order valence-corrected chi connectivity index (χ1v) is 7.81. The highest BCUT2D eigenvalue weighted by molar-refractivity contribution is 5.72. The smallest absolute Gasteiger partial charge is 0.308 e. The minimum absolute atomic E-state index is 0.177. The van der Waals surface area contributed by atoms with E-state index in [9.17, 15) is 4.79 Å². The maximum atomic E-state index is 11.5. The lowest BCUT2D eigenvalue weighted by atomic mass is 9.83. The Morgan fingerprint density at radius 2 is 1.91 bits per heavy atom. The summed E-state index contributed by atoms with van der Waals surface area (Å²) in [6, 6.07) is 1.98. The molecule has 0 radical (unpaired) electrons. The molecule has 1 aromatic carbocycles. The molecule has 0 bridgehead atoms. The van der Waals surface area contributed by atoms with Gasteiger partial charge >= 0.3 is 5.97 Å². The van der Waals surface area contributed by atoms with Gasteiger partial charge in [-0.1, -0.05) is 33.4 Å². The predicted molar refractivity (Wildman–Crippen MR) is 95.4 cm³/mol. The molecule has 0 aliphatic heterocycles. The van der Waals surface area contributed by atoms with E-state index in [2.05, 4.69) is 33.9 Å². The Bertz CT molecular complexity index is 619. The molecule has 3 nitrogen and oxygen atoms in total. The largest absolute Gasteiger partial charge is 0.489 e. The summed E-state index contributed by atoms with van der Waals surface area (Å²) in [5.41, 5.74) is 3.64. The van der Waals surface area contributed by atoms with E-state index in [0.29, 0.717) is 18.8 Å². The van der Waals surface area contributed by atoms with Gasteiger partial charge in [-0.05, 0) is 42.9 Å². The van der Waals surface area contributed by atoms with Crippen molar-refractivity contribution in [1.29, 1.82) is 0 Å². The Labute approximate surface area is 140 Å². The van der Waals surface area contributed by atoms with Gasteiger partial charge in [-0.25, -0.2) is 0 Å². The predicted octanol–water partition coefficient (Wildman–Crippen LogP) is 4.90. The number of allylic oxidation sites excluding steroid dienone is 1. The van der Waals surface area contributed by atoms with Crippen LogP contribution in [0.4, 0.5) is 0 Å². The van der Waals surface area contributed by atoms with Crippen molar-refractivity contribution in [3.63, 3.8) is 0 Å². The van der Waals surface area contributed by atoms with Crippen molar-refractivity contribution in [3.8, 4) is 11.5 Å². The molecule has 0 saturated heterocycles. The van der Waals surface area contributed by atoms with Crippen LogP contribution in [-0.4, -0.2) is 12.6 Å². The number of ether oxygens (including phenoxy) is 2. The van der Waals surface area contributed by atoms with Gasteiger partial charge in [0.25, 0.3) is 0 Å². The molecule has 0 amide bonds. The van der Waals surface area contributed by atoms with Gasteiger partial charge in [0.1, 0.15) is 18.1 Å². The SMILES string of the molecule is C=CCc1c(OCC(=C)C)cc(C(C)(C)C)c(OC(C)=O)c1C. The van der Waals surface area contributed by atoms with Gasteiger partial charge in [-0.3, -0.25) is 4.79 Å². The van der Waals surface area contributed by atoms with E-state index < -0.39 is 0 Å². The van der Waals surface area contributed by atoms with E-state index >= 15 is 0 Å². The summed E-state index contributed by atoms with van der Waals surface area (Å²) >= 11 is 0. The summed E-state index contributed by atoms with van der Waals surface area (Å²) in [5, 5.41) is 0. The highest BCUT2D eigenvalue weighted by Crippen LogP contribution is 2.41. The Kier molecular flexibility index (Phi) is 6.20. The number of hydrogen-bond acceptors (Lipinski definition) is 3. The highest BCUT2D eigenvalue weighted by Gasteiger charge is 2.25. The lowest BCUT2D eigenvalue weighted by Crippen LogP contribution is -2.17. The van der Waals surface area contributed by atoms with E-state index in [-0.39, 0.29) is 11.4 Å². The Balaban J connectivity index is 3.57. The van der Waals surface area contributed by atoms with Crippen molar-refractivity contribution in [2.75, 3.05) is 6.61 Å². The van der Waals surface area contributed by atoms with Gasteiger partial charge in [0.2, 0.25) is 0 Å². The topological polar surface area (TPSA) is 35.5 Å². The van der Waals surface area contributed by atoms with Crippen LogP contribution in [0.2, 0.25) is 0 Å². The number of hydrogen-bond donors (Lipinski definition) is 0. The number of benzene rings is 1. The third-order valence-corrected chi connectivity index (χ3v) is 3.49. The standard InChI is InChI=1S/C20H28O3/c1-9-10-16-14(4)19(23-15(5)21)17(20(6,7)8)11-18(16)22-12-13(2)3/h9,11H,1-2,10,12H2,3-8H3. The third kappa shape index (κ3) is 4.98. The number of carbonyl (C=O) groups excluding carboxylic acids is 1. The molecular formula is C20H28O3. The third-order valence-electron chi connectivity index (χ3n) is 3.49. The fourth-order valence-corrected chi connectivity index (χ4v) is 2.37. The van der Waals surface area contributed by atoms with Crippen LogP contribution in [0.25, 0.3) is 0 Å². The highest BCUT2D eigenvalue weighted by atomic mass is 16.5. The van der Waals surface area contributed by atoms with Gasteiger partial charge in [-0.15, -0.1) is 6.58 Å². The van der Waals surface area contributed by atoms with E-state index in [1.165, 1.54) is 6.92 Å². The first kappa shape index (κ1) is 19.0. The minimum atomic E-state index is -0.321. The molecule has 1 aromatic rings. The normalized spacial score (nSPS) is 11.0. The van der Waals surface area contributed by atoms with Crippen LogP contribution < -0.4 is 9.47 Å². The van der Waals surface area contributed by atoms with Gasteiger partial charge in [0.05, 0.1) is 0 Å². The summed E-state index contributed by atoms with van der Waals surface area (Å²) in [6.07, 6.45) is 2.47. The fraction of sp³-hybridized carbons (Fsp3) is 0.450. The van der Waals surface area contributed by atoms with Crippen molar-refractivity contribution in [2.45, 2.75) is 53.4 Å². The van der Waals surface area contributed by atoms with Crippen molar-refractivity contribution in [3.05, 3.63) is 47.6 Å². The van der Waals surface area contributed by atoms with Crippen LogP contribution in [0.3, 0.4) is 0 Å². The summed E-state index contributed by atoms with van der Waals surface area (Å²) in [5.74, 6) is 1.11. The molecule has 0 fully saturated rings.